The molecule has 0 fully saturated rings. The zero-order chi connectivity index (χ0) is 12.4. The van der Waals surface area contributed by atoms with Gasteiger partial charge < -0.3 is 5.32 Å². The van der Waals surface area contributed by atoms with Gasteiger partial charge in [-0.1, -0.05) is 6.07 Å². The van der Waals surface area contributed by atoms with Crippen LogP contribution in [0, 0.1) is 19.7 Å². The highest BCUT2D eigenvalue weighted by atomic mass is 19.1. The molecule has 0 spiro atoms. The molecule has 2 rings (SSSR count). The van der Waals surface area contributed by atoms with E-state index in [-0.39, 0.29) is 5.82 Å². The Balaban J connectivity index is 2.10. The van der Waals surface area contributed by atoms with E-state index in [1.807, 2.05) is 31.6 Å². The van der Waals surface area contributed by atoms with Gasteiger partial charge in [-0.3, -0.25) is 4.68 Å². The normalized spacial score (nSPS) is 10.6. The van der Waals surface area contributed by atoms with Gasteiger partial charge >= 0.3 is 0 Å². The first-order valence-electron chi connectivity index (χ1n) is 5.55. The van der Waals surface area contributed by atoms with Gasteiger partial charge in [0.05, 0.1) is 11.9 Å². The maximum atomic E-state index is 13.6. The van der Waals surface area contributed by atoms with Crippen LogP contribution in [0.4, 0.5) is 10.1 Å². The minimum absolute atomic E-state index is 0.216. The number of rotatable bonds is 3. The molecule has 0 aliphatic rings. The number of aryl methyl sites for hydroxylation is 2. The topological polar surface area (TPSA) is 29.9 Å². The summed E-state index contributed by atoms with van der Waals surface area (Å²) in [4.78, 5) is 0. The second kappa shape index (κ2) is 4.57. The lowest BCUT2D eigenvalue weighted by Gasteiger charge is -2.07. The van der Waals surface area contributed by atoms with E-state index in [0.717, 1.165) is 16.8 Å². The summed E-state index contributed by atoms with van der Waals surface area (Å²) in [6.45, 7) is 4.45. The van der Waals surface area contributed by atoms with E-state index in [4.69, 9.17) is 0 Å². The number of halogens is 1. The van der Waals surface area contributed by atoms with E-state index in [2.05, 4.69) is 10.4 Å². The fourth-order valence-electron chi connectivity index (χ4n) is 1.67. The molecule has 90 valence electrons. The molecule has 0 radical (unpaired) electrons. The standard InChI is InChI=1S/C13H16FN3/c1-9-4-5-13(12(14)6-9)15-7-11-8-16-17(3)10(11)2/h4-6,8,15H,7H2,1-3H3. The van der Waals surface area contributed by atoms with Crippen molar-refractivity contribution in [3.8, 4) is 0 Å². The van der Waals surface area contributed by atoms with Crippen molar-refractivity contribution in [3.63, 3.8) is 0 Å². The van der Waals surface area contributed by atoms with Crippen LogP contribution in [0.5, 0.6) is 0 Å². The predicted molar refractivity (Wildman–Crippen MR) is 66.4 cm³/mol. The Morgan fingerprint density at radius 3 is 2.71 bits per heavy atom. The molecule has 2 aromatic rings. The van der Waals surface area contributed by atoms with E-state index in [9.17, 15) is 4.39 Å². The Hall–Kier alpha value is -1.84. The molecule has 17 heavy (non-hydrogen) atoms. The maximum absolute atomic E-state index is 13.6. The molecule has 1 aromatic heterocycles. The highest BCUT2D eigenvalue weighted by molar-refractivity contribution is 5.46. The minimum atomic E-state index is -0.216. The van der Waals surface area contributed by atoms with Gasteiger partial charge in [-0.15, -0.1) is 0 Å². The third-order valence-corrected chi connectivity index (χ3v) is 2.93. The summed E-state index contributed by atoms with van der Waals surface area (Å²) in [6, 6.07) is 5.18. The smallest absolute Gasteiger partial charge is 0.146 e. The molecule has 0 aliphatic heterocycles. The SMILES string of the molecule is Cc1ccc(NCc2cnn(C)c2C)c(F)c1. The van der Waals surface area contributed by atoms with Gasteiger partial charge in [0.25, 0.3) is 0 Å². The molecule has 4 heteroatoms. The third kappa shape index (κ3) is 2.46. The lowest BCUT2D eigenvalue weighted by atomic mass is 10.2. The predicted octanol–water partition coefficient (Wildman–Crippen LogP) is 2.79. The van der Waals surface area contributed by atoms with Crippen LogP contribution in [-0.2, 0) is 13.6 Å². The van der Waals surface area contributed by atoms with E-state index in [0.29, 0.717) is 12.2 Å². The van der Waals surface area contributed by atoms with Crippen molar-refractivity contribution in [2.45, 2.75) is 20.4 Å². The Labute approximate surface area is 100 Å². The molecule has 0 aliphatic carbocycles. The number of nitrogens with one attached hydrogen (secondary N) is 1. The first-order chi connectivity index (χ1) is 8.08. The summed E-state index contributed by atoms with van der Waals surface area (Å²) in [6.07, 6.45) is 1.80. The number of hydrogen-bond donors (Lipinski definition) is 1. The van der Waals surface area contributed by atoms with Crippen molar-refractivity contribution in [1.82, 2.24) is 9.78 Å². The quantitative estimate of drug-likeness (QED) is 0.883. The van der Waals surface area contributed by atoms with Crippen LogP contribution in [0.3, 0.4) is 0 Å². The molecule has 0 atom stereocenters. The monoisotopic (exact) mass is 233 g/mol. The van der Waals surface area contributed by atoms with E-state index in [1.165, 1.54) is 6.07 Å². The molecule has 0 amide bonds. The second-order valence-corrected chi connectivity index (χ2v) is 4.22. The third-order valence-electron chi connectivity index (χ3n) is 2.93. The average molecular weight is 233 g/mol. The van der Waals surface area contributed by atoms with Crippen LogP contribution in [0.25, 0.3) is 0 Å². The first-order valence-corrected chi connectivity index (χ1v) is 5.55. The average Bonchev–Trinajstić information content (AvgIpc) is 2.59. The van der Waals surface area contributed by atoms with Crippen molar-refractivity contribution in [2.75, 3.05) is 5.32 Å². The molecule has 0 saturated carbocycles. The number of hydrogen-bond acceptors (Lipinski definition) is 2. The van der Waals surface area contributed by atoms with Gasteiger partial charge in [0, 0.05) is 24.8 Å². The highest BCUT2D eigenvalue weighted by Gasteiger charge is 2.05. The van der Waals surface area contributed by atoms with Gasteiger partial charge in [0.2, 0.25) is 0 Å². The summed E-state index contributed by atoms with van der Waals surface area (Å²) >= 11 is 0. The molecule has 3 nitrogen and oxygen atoms in total. The lowest BCUT2D eigenvalue weighted by molar-refractivity contribution is 0.629. The van der Waals surface area contributed by atoms with Crippen LogP contribution in [0.2, 0.25) is 0 Å². The minimum Gasteiger partial charge on any atom is -0.378 e. The zero-order valence-electron chi connectivity index (χ0n) is 10.3. The lowest BCUT2D eigenvalue weighted by Crippen LogP contribution is -2.03. The number of nitrogens with zero attached hydrogens (tertiary/aromatic N) is 2. The molecular formula is C13H16FN3. The summed E-state index contributed by atoms with van der Waals surface area (Å²) in [5, 5.41) is 7.23. The van der Waals surface area contributed by atoms with Gasteiger partial charge in [0.1, 0.15) is 5.82 Å². The van der Waals surface area contributed by atoms with Crippen molar-refractivity contribution in [3.05, 3.63) is 47.0 Å². The van der Waals surface area contributed by atoms with Gasteiger partial charge in [-0.05, 0) is 31.5 Å². The van der Waals surface area contributed by atoms with Crippen LogP contribution >= 0.6 is 0 Å². The van der Waals surface area contributed by atoms with Crippen LogP contribution in [-0.4, -0.2) is 9.78 Å². The summed E-state index contributed by atoms with van der Waals surface area (Å²) in [5.74, 6) is -0.216. The van der Waals surface area contributed by atoms with Gasteiger partial charge in [-0.25, -0.2) is 4.39 Å². The molecule has 1 aromatic carbocycles. The fourth-order valence-corrected chi connectivity index (χ4v) is 1.67. The van der Waals surface area contributed by atoms with Crippen molar-refractivity contribution in [1.29, 1.82) is 0 Å². The zero-order valence-corrected chi connectivity index (χ0v) is 10.3. The molecule has 1 heterocycles. The summed E-state index contributed by atoms with van der Waals surface area (Å²) in [5.41, 5.74) is 3.61. The highest BCUT2D eigenvalue weighted by Crippen LogP contribution is 2.17. The number of anilines is 1. The van der Waals surface area contributed by atoms with Crippen LogP contribution in [0.15, 0.2) is 24.4 Å². The van der Waals surface area contributed by atoms with Crippen LogP contribution in [0.1, 0.15) is 16.8 Å². The summed E-state index contributed by atoms with van der Waals surface area (Å²) in [7, 11) is 1.89. The first kappa shape index (κ1) is 11.6. The number of benzene rings is 1. The van der Waals surface area contributed by atoms with Crippen LogP contribution < -0.4 is 5.32 Å². The van der Waals surface area contributed by atoms with Crippen molar-refractivity contribution < 1.29 is 4.39 Å². The fraction of sp³-hybridized carbons (Fsp3) is 0.308. The summed E-state index contributed by atoms with van der Waals surface area (Å²) < 4.78 is 15.4. The second-order valence-electron chi connectivity index (χ2n) is 4.22. The Morgan fingerprint density at radius 2 is 2.12 bits per heavy atom. The van der Waals surface area contributed by atoms with Gasteiger partial charge in [0.15, 0.2) is 0 Å². The largest absolute Gasteiger partial charge is 0.378 e. The Morgan fingerprint density at radius 1 is 1.35 bits per heavy atom. The Bertz CT molecular complexity index is 531. The van der Waals surface area contributed by atoms with E-state index >= 15 is 0 Å². The number of aromatic nitrogens is 2. The van der Waals surface area contributed by atoms with Crippen molar-refractivity contribution >= 4 is 5.69 Å². The Kier molecular flexibility index (Phi) is 3.13. The van der Waals surface area contributed by atoms with E-state index < -0.39 is 0 Å². The molecular weight excluding hydrogens is 217 g/mol. The molecule has 0 saturated heterocycles. The molecule has 1 N–H and O–H groups in total. The van der Waals surface area contributed by atoms with Gasteiger partial charge in [-0.2, -0.15) is 5.10 Å². The maximum Gasteiger partial charge on any atom is 0.146 e. The van der Waals surface area contributed by atoms with Crippen molar-refractivity contribution in [2.24, 2.45) is 7.05 Å². The molecule has 0 unspecified atom stereocenters. The van der Waals surface area contributed by atoms with E-state index in [1.54, 1.807) is 12.3 Å². The molecule has 0 bridgehead atoms.